The lowest BCUT2D eigenvalue weighted by Gasteiger charge is -2.34. The lowest BCUT2D eigenvalue weighted by atomic mass is 9.97. The number of carbonyl (C=O) groups is 3. The molecule has 0 saturated heterocycles. The fraction of sp³-hybridized carbons (Fsp3) is 0.531. The average Bonchev–Trinajstić information content (AvgIpc) is 2.86. The minimum atomic E-state index is -0.877. The number of para-hydroxylation sites is 1. The van der Waals surface area contributed by atoms with E-state index in [1.165, 1.54) is 6.42 Å². The number of nitrogens with one attached hydrogen (secondary N) is 2. The molecule has 39 heavy (non-hydrogen) atoms. The Kier molecular flexibility index (Phi) is 12.5. The number of aryl methyl sites for hydroxylation is 2. The first-order chi connectivity index (χ1) is 18.4. The molecule has 0 aliphatic carbocycles. The van der Waals surface area contributed by atoms with Crippen molar-refractivity contribution in [3.05, 3.63) is 65.2 Å². The summed E-state index contributed by atoms with van der Waals surface area (Å²) < 4.78 is 5.38. The number of anilines is 1. The number of ether oxygens (including phenoxy) is 1. The summed E-state index contributed by atoms with van der Waals surface area (Å²) in [6.07, 6.45) is 5.62. The number of rotatable bonds is 13. The summed E-state index contributed by atoms with van der Waals surface area (Å²) in [4.78, 5) is 42.0. The van der Waals surface area contributed by atoms with Crippen LogP contribution in [0.25, 0.3) is 0 Å². The first-order valence-corrected chi connectivity index (χ1v) is 14.2. The van der Waals surface area contributed by atoms with Gasteiger partial charge >= 0.3 is 6.09 Å². The van der Waals surface area contributed by atoms with E-state index < -0.39 is 23.8 Å². The SMILES string of the molecule is CCCCCCCCN(C(=O)C(C)NC(=O)OC(C)(C)C)C(C(=O)Nc1ccccc1C)c1ccccc1C. The van der Waals surface area contributed by atoms with Crippen molar-refractivity contribution in [2.24, 2.45) is 0 Å². The van der Waals surface area contributed by atoms with Crippen LogP contribution in [0, 0.1) is 13.8 Å². The molecule has 0 radical (unpaired) electrons. The molecule has 0 spiro atoms. The fourth-order valence-electron chi connectivity index (χ4n) is 4.48. The fourth-order valence-corrected chi connectivity index (χ4v) is 4.48. The minimum Gasteiger partial charge on any atom is -0.444 e. The molecule has 2 atom stereocenters. The van der Waals surface area contributed by atoms with Gasteiger partial charge in [0, 0.05) is 12.2 Å². The van der Waals surface area contributed by atoms with E-state index in [-0.39, 0.29) is 11.8 Å². The molecule has 2 rings (SSSR count). The molecular weight excluding hydrogens is 490 g/mol. The standard InChI is InChI=1S/C32H47N3O4/c1-8-9-10-11-12-17-22-35(30(37)25(4)33-31(38)39-32(5,6)7)28(26-20-15-13-18-23(26)2)29(36)34-27-21-16-14-19-24(27)3/h13-16,18-21,25,28H,8-12,17,22H2,1-7H3,(H,33,38)(H,34,36). The Morgan fingerprint density at radius 3 is 2.08 bits per heavy atom. The van der Waals surface area contributed by atoms with Crippen LogP contribution in [-0.2, 0) is 14.3 Å². The number of hydrogen-bond acceptors (Lipinski definition) is 4. The Bertz CT molecular complexity index is 1090. The molecule has 7 heteroatoms. The van der Waals surface area contributed by atoms with E-state index in [1.807, 2.05) is 62.4 Å². The van der Waals surface area contributed by atoms with Gasteiger partial charge in [-0.05, 0) is 70.7 Å². The van der Waals surface area contributed by atoms with Gasteiger partial charge in [-0.25, -0.2) is 4.79 Å². The zero-order valence-corrected chi connectivity index (χ0v) is 24.8. The molecule has 2 unspecified atom stereocenters. The van der Waals surface area contributed by atoms with E-state index in [2.05, 4.69) is 17.6 Å². The third kappa shape index (κ3) is 10.4. The Morgan fingerprint density at radius 2 is 1.46 bits per heavy atom. The Hall–Kier alpha value is -3.35. The van der Waals surface area contributed by atoms with Crippen molar-refractivity contribution in [1.29, 1.82) is 0 Å². The monoisotopic (exact) mass is 537 g/mol. The van der Waals surface area contributed by atoms with Gasteiger partial charge in [0.1, 0.15) is 17.7 Å². The van der Waals surface area contributed by atoms with Crippen LogP contribution in [-0.4, -0.2) is 41.0 Å². The second-order valence-electron chi connectivity index (χ2n) is 11.2. The number of benzene rings is 2. The maximum atomic E-state index is 14.0. The summed E-state index contributed by atoms with van der Waals surface area (Å²) in [5.41, 5.74) is 2.61. The van der Waals surface area contributed by atoms with Crippen LogP contribution in [0.4, 0.5) is 10.5 Å². The smallest absolute Gasteiger partial charge is 0.408 e. The summed E-state index contributed by atoms with van der Waals surface area (Å²) in [7, 11) is 0. The molecule has 0 saturated carbocycles. The number of amides is 3. The van der Waals surface area contributed by atoms with E-state index in [4.69, 9.17) is 4.74 Å². The van der Waals surface area contributed by atoms with E-state index in [1.54, 1.807) is 32.6 Å². The molecule has 0 fully saturated rings. The highest BCUT2D eigenvalue weighted by atomic mass is 16.6. The third-order valence-electron chi connectivity index (χ3n) is 6.59. The van der Waals surface area contributed by atoms with Crippen LogP contribution in [0.5, 0.6) is 0 Å². The quantitative estimate of drug-likeness (QED) is 0.267. The largest absolute Gasteiger partial charge is 0.444 e. The summed E-state index contributed by atoms with van der Waals surface area (Å²) >= 11 is 0. The second-order valence-corrected chi connectivity index (χ2v) is 11.2. The van der Waals surface area contributed by atoms with Crippen molar-refractivity contribution < 1.29 is 19.1 Å². The molecule has 0 heterocycles. The van der Waals surface area contributed by atoms with Crippen molar-refractivity contribution in [3.8, 4) is 0 Å². The predicted molar refractivity (Wildman–Crippen MR) is 158 cm³/mol. The number of hydrogen-bond donors (Lipinski definition) is 2. The predicted octanol–water partition coefficient (Wildman–Crippen LogP) is 7.09. The molecule has 2 N–H and O–H groups in total. The van der Waals surface area contributed by atoms with Crippen molar-refractivity contribution in [1.82, 2.24) is 10.2 Å². The average molecular weight is 538 g/mol. The highest BCUT2D eigenvalue weighted by Crippen LogP contribution is 2.28. The summed E-state index contributed by atoms with van der Waals surface area (Å²) in [5.74, 6) is -0.620. The van der Waals surface area contributed by atoms with Gasteiger partial charge in [-0.3, -0.25) is 9.59 Å². The number of alkyl carbamates (subject to hydrolysis) is 1. The summed E-state index contributed by atoms with van der Waals surface area (Å²) in [5, 5.41) is 5.73. The minimum absolute atomic E-state index is 0.289. The molecule has 2 aromatic carbocycles. The van der Waals surface area contributed by atoms with Gasteiger partial charge < -0.3 is 20.3 Å². The van der Waals surface area contributed by atoms with E-state index in [0.29, 0.717) is 12.2 Å². The van der Waals surface area contributed by atoms with Crippen LogP contribution in [0.1, 0.15) is 95.9 Å². The Morgan fingerprint density at radius 1 is 0.872 bits per heavy atom. The van der Waals surface area contributed by atoms with Crippen molar-refractivity contribution in [2.45, 2.75) is 105 Å². The zero-order valence-electron chi connectivity index (χ0n) is 24.8. The molecule has 3 amide bonds. The van der Waals surface area contributed by atoms with Gasteiger partial charge in [0.2, 0.25) is 5.91 Å². The number of unbranched alkanes of at least 4 members (excludes halogenated alkanes) is 5. The van der Waals surface area contributed by atoms with Crippen LogP contribution in [0.15, 0.2) is 48.5 Å². The molecule has 7 nitrogen and oxygen atoms in total. The molecule has 0 aliphatic heterocycles. The maximum absolute atomic E-state index is 14.0. The van der Waals surface area contributed by atoms with Crippen molar-refractivity contribution >= 4 is 23.6 Å². The Balaban J connectivity index is 2.41. The maximum Gasteiger partial charge on any atom is 0.408 e. The zero-order chi connectivity index (χ0) is 29.0. The van der Waals surface area contributed by atoms with Crippen LogP contribution >= 0.6 is 0 Å². The Labute approximate surface area is 234 Å². The highest BCUT2D eigenvalue weighted by molar-refractivity contribution is 5.99. The van der Waals surface area contributed by atoms with Gasteiger partial charge in [0.15, 0.2) is 0 Å². The lowest BCUT2D eigenvalue weighted by molar-refractivity contribution is -0.140. The normalized spacial score (nSPS) is 12.8. The number of carbonyl (C=O) groups excluding carboxylic acids is 3. The lowest BCUT2D eigenvalue weighted by Crippen LogP contribution is -2.51. The highest BCUT2D eigenvalue weighted by Gasteiger charge is 2.35. The summed E-state index contributed by atoms with van der Waals surface area (Å²) in [6.45, 7) is 13.4. The first-order valence-electron chi connectivity index (χ1n) is 14.2. The number of nitrogens with zero attached hydrogens (tertiary/aromatic N) is 1. The second kappa shape index (κ2) is 15.3. The van der Waals surface area contributed by atoms with Crippen LogP contribution < -0.4 is 10.6 Å². The van der Waals surface area contributed by atoms with Gasteiger partial charge in [-0.15, -0.1) is 0 Å². The van der Waals surface area contributed by atoms with Gasteiger partial charge in [-0.2, -0.15) is 0 Å². The first kappa shape index (κ1) is 31.9. The van der Waals surface area contributed by atoms with E-state index >= 15 is 0 Å². The van der Waals surface area contributed by atoms with Crippen LogP contribution in [0.2, 0.25) is 0 Å². The van der Waals surface area contributed by atoms with Gasteiger partial charge in [0.05, 0.1) is 0 Å². The molecule has 214 valence electrons. The van der Waals surface area contributed by atoms with E-state index in [0.717, 1.165) is 48.8 Å². The molecule has 0 bridgehead atoms. The van der Waals surface area contributed by atoms with Gasteiger partial charge in [0.25, 0.3) is 5.91 Å². The molecular formula is C32H47N3O4. The topological polar surface area (TPSA) is 87.7 Å². The summed E-state index contributed by atoms with van der Waals surface area (Å²) in [6, 6.07) is 13.5. The van der Waals surface area contributed by atoms with E-state index in [9.17, 15) is 14.4 Å². The van der Waals surface area contributed by atoms with Crippen LogP contribution in [0.3, 0.4) is 0 Å². The van der Waals surface area contributed by atoms with Gasteiger partial charge in [-0.1, -0.05) is 81.5 Å². The van der Waals surface area contributed by atoms with Crippen molar-refractivity contribution in [2.75, 3.05) is 11.9 Å². The third-order valence-corrected chi connectivity index (χ3v) is 6.59. The van der Waals surface area contributed by atoms with Crippen molar-refractivity contribution in [3.63, 3.8) is 0 Å². The molecule has 0 aromatic heterocycles. The molecule has 0 aliphatic rings. The molecule has 2 aromatic rings.